The van der Waals surface area contributed by atoms with Gasteiger partial charge in [0.1, 0.15) is 16.7 Å². The molecule has 0 radical (unpaired) electrons. The number of hydrogen-bond acceptors (Lipinski definition) is 6. The van der Waals surface area contributed by atoms with Crippen LogP contribution in [0.15, 0.2) is 18.2 Å². The van der Waals surface area contributed by atoms with Gasteiger partial charge in [0.15, 0.2) is 0 Å². The molecule has 2 heterocycles. The summed E-state index contributed by atoms with van der Waals surface area (Å²) >= 11 is 1.68. The van der Waals surface area contributed by atoms with Crippen molar-refractivity contribution >= 4 is 27.5 Å². The average molecular weight is 313 g/mol. The Morgan fingerprint density at radius 2 is 1.73 bits per heavy atom. The first-order valence-electron chi connectivity index (χ1n) is 7.32. The van der Waals surface area contributed by atoms with E-state index in [0.717, 1.165) is 16.3 Å². The van der Waals surface area contributed by atoms with Crippen LogP contribution in [0.4, 0.5) is 5.95 Å². The van der Waals surface area contributed by atoms with E-state index in [9.17, 15) is 0 Å². The molecule has 5 nitrogen and oxygen atoms in total. The number of rotatable bonds is 3. The van der Waals surface area contributed by atoms with Crippen molar-refractivity contribution in [2.24, 2.45) is 0 Å². The second kappa shape index (κ2) is 5.61. The summed E-state index contributed by atoms with van der Waals surface area (Å²) in [6, 6.07) is 6.29. The normalized spacial score (nSPS) is 13.0. The Balaban J connectivity index is 2.03. The molecule has 0 aliphatic carbocycles. The first-order valence-corrected chi connectivity index (χ1v) is 8.14. The van der Waals surface area contributed by atoms with Gasteiger partial charge in [0.2, 0.25) is 5.95 Å². The van der Waals surface area contributed by atoms with E-state index >= 15 is 0 Å². The zero-order valence-electron chi connectivity index (χ0n) is 13.2. The van der Waals surface area contributed by atoms with Crippen LogP contribution in [0, 0.1) is 6.92 Å². The molecule has 0 aliphatic heterocycles. The van der Waals surface area contributed by atoms with Gasteiger partial charge in [-0.1, -0.05) is 19.9 Å². The zero-order valence-corrected chi connectivity index (χ0v) is 14.0. The molecule has 0 saturated heterocycles. The Bertz CT molecular complexity index is 825. The van der Waals surface area contributed by atoms with Gasteiger partial charge in [-0.05, 0) is 31.5 Å². The van der Waals surface area contributed by atoms with Crippen molar-refractivity contribution in [2.45, 2.75) is 39.5 Å². The van der Waals surface area contributed by atoms with Gasteiger partial charge in [0.25, 0.3) is 0 Å². The maximum atomic E-state index is 5.83. The van der Waals surface area contributed by atoms with Crippen molar-refractivity contribution in [2.75, 3.05) is 5.73 Å². The molecule has 0 amide bonds. The summed E-state index contributed by atoms with van der Waals surface area (Å²) < 4.78 is 1.19. The number of fused-ring (bicyclic) bond motifs is 1. The molecule has 0 fully saturated rings. The largest absolute Gasteiger partial charge is 0.368 e. The predicted octanol–water partition coefficient (Wildman–Crippen LogP) is 3.65. The van der Waals surface area contributed by atoms with Crippen molar-refractivity contribution in [3.05, 3.63) is 40.4 Å². The standard InChI is InChI=1S/C16H19N5S/c1-8(2)13-19-14(21-16(17)20-13)10(4)15-18-11-6-5-9(3)7-12(11)22-15/h5-8,10H,1-4H3,(H2,17,19,20,21). The van der Waals surface area contributed by atoms with Gasteiger partial charge in [-0.25, -0.2) is 9.97 Å². The lowest BCUT2D eigenvalue weighted by Gasteiger charge is -2.10. The zero-order chi connectivity index (χ0) is 15.9. The van der Waals surface area contributed by atoms with Crippen LogP contribution >= 0.6 is 11.3 Å². The second-order valence-corrected chi connectivity index (χ2v) is 6.87. The number of hydrogen-bond donors (Lipinski definition) is 1. The first-order chi connectivity index (χ1) is 10.4. The van der Waals surface area contributed by atoms with E-state index in [-0.39, 0.29) is 17.8 Å². The number of thiazole rings is 1. The minimum absolute atomic E-state index is 0.000469. The average Bonchev–Trinajstić information content (AvgIpc) is 2.88. The van der Waals surface area contributed by atoms with E-state index in [4.69, 9.17) is 10.7 Å². The quantitative estimate of drug-likeness (QED) is 0.798. The van der Waals surface area contributed by atoms with E-state index in [1.807, 2.05) is 13.8 Å². The molecule has 114 valence electrons. The Hall–Kier alpha value is -2.08. The van der Waals surface area contributed by atoms with E-state index in [0.29, 0.717) is 5.82 Å². The highest BCUT2D eigenvalue weighted by Gasteiger charge is 2.19. The summed E-state index contributed by atoms with van der Waals surface area (Å²) in [5, 5.41) is 1.00. The number of nitrogens with zero attached hydrogens (tertiary/aromatic N) is 4. The fourth-order valence-electron chi connectivity index (χ4n) is 2.22. The van der Waals surface area contributed by atoms with E-state index in [1.54, 1.807) is 11.3 Å². The van der Waals surface area contributed by atoms with Gasteiger partial charge in [0.05, 0.1) is 16.1 Å². The SMILES string of the molecule is Cc1ccc2nc(C(C)c3nc(N)nc(C(C)C)n3)sc2c1. The molecular weight excluding hydrogens is 294 g/mol. The number of nitrogens with two attached hydrogens (primary N) is 1. The highest BCUT2D eigenvalue weighted by molar-refractivity contribution is 7.18. The highest BCUT2D eigenvalue weighted by atomic mass is 32.1. The summed E-state index contributed by atoms with van der Waals surface area (Å²) in [5.41, 5.74) is 8.08. The van der Waals surface area contributed by atoms with Crippen LogP contribution < -0.4 is 5.73 Å². The topological polar surface area (TPSA) is 77.6 Å². The Morgan fingerprint density at radius 3 is 2.45 bits per heavy atom. The lowest BCUT2D eigenvalue weighted by Crippen LogP contribution is -2.11. The minimum Gasteiger partial charge on any atom is -0.368 e. The van der Waals surface area contributed by atoms with Gasteiger partial charge in [0, 0.05) is 5.92 Å². The van der Waals surface area contributed by atoms with Gasteiger partial charge < -0.3 is 5.73 Å². The summed E-state index contributed by atoms with van der Waals surface area (Å²) in [5.74, 6) is 1.91. The third-order valence-electron chi connectivity index (χ3n) is 3.52. The Kier molecular flexibility index (Phi) is 3.78. The monoisotopic (exact) mass is 313 g/mol. The molecule has 3 aromatic rings. The molecular formula is C16H19N5S. The molecule has 0 bridgehead atoms. The fraction of sp³-hybridized carbons (Fsp3) is 0.375. The molecule has 1 unspecified atom stereocenters. The van der Waals surface area contributed by atoms with Crippen LogP contribution in [-0.4, -0.2) is 19.9 Å². The van der Waals surface area contributed by atoms with Crippen LogP contribution in [-0.2, 0) is 0 Å². The number of anilines is 1. The second-order valence-electron chi connectivity index (χ2n) is 5.81. The molecule has 0 spiro atoms. The molecule has 2 aromatic heterocycles. The molecule has 1 aromatic carbocycles. The van der Waals surface area contributed by atoms with Crippen LogP contribution in [0.5, 0.6) is 0 Å². The van der Waals surface area contributed by atoms with Crippen molar-refractivity contribution in [3.8, 4) is 0 Å². The van der Waals surface area contributed by atoms with Gasteiger partial charge in [-0.3, -0.25) is 0 Å². The smallest absolute Gasteiger partial charge is 0.223 e. The molecule has 22 heavy (non-hydrogen) atoms. The molecule has 0 saturated carbocycles. The summed E-state index contributed by atoms with van der Waals surface area (Å²) in [6.07, 6.45) is 0. The van der Waals surface area contributed by atoms with Crippen LogP contribution in [0.2, 0.25) is 0 Å². The van der Waals surface area contributed by atoms with Crippen molar-refractivity contribution in [3.63, 3.8) is 0 Å². The lowest BCUT2D eigenvalue weighted by atomic mass is 10.1. The van der Waals surface area contributed by atoms with E-state index in [1.165, 1.54) is 10.3 Å². The summed E-state index contributed by atoms with van der Waals surface area (Å²) in [7, 11) is 0. The molecule has 0 aliphatic rings. The van der Waals surface area contributed by atoms with E-state index in [2.05, 4.69) is 47.0 Å². The van der Waals surface area contributed by atoms with Crippen LogP contribution in [0.1, 0.15) is 54.8 Å². The molecule has 1 atom stereocenters. The van der Waals surface area contributed by atoms with Gasteiger partial charge >= 0.3 is 0 Å². The molecule has 6 heteroatoms. The number of nitrogen functional groups attached to an aromatic ring is 1. The minimum atomic E-state index is 0.000469. The lowest BCUT2D eigenvalue weighted by molar-refractivity contribution is 0.712. The van der Waals surface area contributed by atoms with Gasteiger partial charge in [-0.2, -0.15) is 9.97 Å². The summed E-state index contributed by atoms with van der Waals surface area (Å²) in [4.78, 5) is 17.8. The first kappa shape index (κ1) is 14.8. The third-order valence-corrected chi connectivity index (χ3v) is 4.72. The maximum Gasteiger partial charge on any atom is 0.223 e. The predicted molar refractivity (Wildman–Crippen MR) is 90.2 cm³/mol. The third kappa shape index (κ3) is 2.78. The number of aromatic nitrogens is 4. The van der Waals surface area contributed by atoms with Crippen molar-refractivity contribution in [1.82, 2.24) is 19.9 Å². The Morgan fingerprint density at radius 1 is 1.00 bits per heavy atom. The summed E-state index contributed by atoms with van der Waals surface area (Å²) in [6.45, 7) is 8.24. The molecule has 2 N–H and O–H groups in total. The Labute approximate surface area is 133 Å². The number of benzene rings is 1. The number of aryl methyl sites for hydroxylation is 1. The fourth-order valence-corrected chi connectivity index (χ4v) is 3.34. The maximum absolute atomic E-state index is 5.83. The van der Waals surface area contributed by atoms with Crippen LogP contribution in [0.3, 0.4) is 0 Å². The highest BCUT2D eigenvalue weighted by Crippen LogP contribution is 2.31. The van der Waals surface area contributed by atoms with Crippen LogP contribution in [0.25, 0.3) is 10.2 Å². The molecule has 3 rings (SSSR count). The van der Waals surface area contributed by atoms with E-state index < -0.39 is 0 Å². The van der Waals surface area contributed by atoms with Gasteiger partial charge in [-0.15, -0.1) is 11.3 Å². The van der Waals surface area contributed by atoms with Crippen molar-refractivity contribution < 1.29 is 0 Å². The van der Waals surface area contributed by atoms with Crippen molar-refractivity contribution in [1.29, 1.82) is 0 Å².